The molecule has 8 heteroatoms. The number of aliphatic hydroxyl groups excluding tert-OH is 1. The maximum Gasteiger partial charge on any atom is 0.146 e. The van der Waals surface area contributed by atoms with Gasteiger partial charge in [-0.15, -0.1) is 0 Å². The molecule has 2 unspecified atom stereocenters. The van der Waals surface area contributed by atoms with Crippen molar-refractivity contribution in [2.75, 3.05) is 12.3 Å². The van der Waals surface area contributed by atoms with Crippen LogP contribution in [-0.4, -0.2) is 43.4 Å². The van der Waals surface area contributed by atoms with Crippen LogP contribution in [0.2, 0.25) is 0 Å². The summed E-state index contributed by atoms with van der Waals surface area (Å²) in [6.07, 6.45) is 4.27. The number of likely N-dealkylation sites (tertiary alicyclic amines) is 1. The first-order valence-electron chi connectivity index (χ1n) is 13.4. The number of nitrogens with zero attached hydrogens (tertiary/aromatic N) is 5. The lowest BCUT2D eigenvalue weighted by Crippen LogP contribution is -2.42. The topological polar surface area (TPSA) is 113 Å². The smallest absolute Gasteiger partial charge is 0.146 e. The number of rotatable bonds is 8. The Kier molecular flexibility index (Phi) is 7.64. The van der Waals surface area contributed by atoms with Crippen molar-refractivity contribution >= 4 is 16.9 Å². The first kappa shape index (κ1) is 26.4. The van der Waals surface area contributed by atoms with Crippen molar-refractivity contribution in [2.24, 2.45) is 5.92 Å². The Morgan fingerprint density at radius 2 is 1.87 bits per heavy atom. The molecule has 1 fully saturated rings. The number of anilines is 1. The van der Waals surface area contributed by atoms with Crippen LogP contribution in [0.3, 0.4) is 0 Å². The van der Waals surface area contributed by atoms with Gasteiger partial charge in [0.2, 0.25) is 0 Å². The molecule has 8 nitrogen and oxygen atoms in total. The molecule has 1 saturated heterocycles. The average Bonchev–Trinajstić information content (AvgIpc) is 3.51. The third kappa shape index (κ3) is 5.37. The molecular formula is C31H34N6O2. The van der Waals surface area contributed by atoms with E-state index in [2.05, 4.69) is 27.5 Å². The van der Waals surface area contributed by atoms with Crippen LogP contribution >= 0.6 is 0 Å². The van der Waals surface area contributed by atoms with Crippen molar-refractivity contribution in [2.45, 2.75) is 52.4 Å². The molecule has 1 aliphatic rings. The Labute approximate surface area is 229 Å². The maximum atomic E-state index is 11.1. The monoisotopic (exact) mass is 522 g/mol. The standard InChI is InChI=1S/C31H34N6O2/c1-20(2)16-23(17-32)31(38)36-15-7-8-24(36)18-37-21(3)27(28-29(33)34-19-35-30(28)37)22-11-13-26(14-12-22)39-25-9-5-4-6-10-25/h4-6,9-14,16,19-20,24,31,38H,7-8,15,18H2,1-3H3,(H2,33,34,35). The van der Waals surface area contributed by atoms with Gasteiger partial charge in [0.05, 0.1) is 17.0 Å². The minimum Gasteiger partial charge on any atom is -0.457 e. The summed E-state index contributed by atoms with van der Waals surface area (Å²) in [7, 11) is 0. The highest BCUT2D eigenvalue weighted by molar-refractivity contribution is 6.02. The second-order valence-electron chi connectivity index (χ2n) is 10.4. The highest BCUT2D eigenvalue weighted by atomic mass is 16.5. The predicted molar refractivity (Wildman–Crippen MR) is 153 cm³/mol. The number of nitriles is 1. The van der Waals surface area contributed by atoms with E-state index >= 15 is 0 Å². The highest BCUT2D eigenvalue weighted by Crippen LogP contribution is 2.38. The quantitative estimate of drug-likeness (QED) is 0.287. The van der Waals surface area contributed by atoms with Crippen LogP contribution in [0.1, 0.15) is 32.4 Å². The summed E-state index contributed by atoms with van der Waals surface area (Å²) >= 11 is 0. The summed E-state index contributed by atoms with van der Waals surface area (Å²) in [6.45, 7) is 7.43. The lowest BCUT2D eigenvalue weighted by atomic mass is 10.0. The van der Waals surface area contributed by atoms with Gasteiger partial charge in [0.25, 0.3) is 0 Å². The first-order chi connectivity index (χ1) is 18.9. The molecule has 2 atom stereocenters. The van der Waals surface area contributed by atoms with Gasteiger partial charge in [0.15, 0.2) is 0 Å². The summed E-state index contributed by atoms with van der Waals surface area (Å²) in [4.78, 5) is 11.0. The lowest BCUT2D eigenvalue weighted by molar-refractivity contribution is 0.0217. The molecule has 0 saturated carbocycles. The third-order valence-electron chi connectivity index (χ3n) is 7.30. The maximum absolute atomic E-state index is 11.1. The first-order valence-corrected chi connectivity index (χ1v) is 13.4. The van der Waals surface area contributed by atoms with E-state index in [0.29, 0.717) is 17.9 Å². The molecule has 0 bridgehead atoms. The molecule has 0 spiro atoms. The van der Waals surface area contributed by atoms with E-state index in [1.54, 1.807) is 0 Å². The van der Waals surface area contributed by atoms with E-state index in [1.165, 1.54) is 6.33 Å². The van der Waals surface area contributed by atoms with Crippen LogP contribution in [0.5, 0.6) is 11.5 Å². The fourth-order valence-electron chi connectivity index (χ4n) is 5.51. The number of fused-ring (bicyclic) bond motifs is 1. The molecule has 2 aromatic heterocycles. The summed E-state index contributed by atoms with van der Waals surface area (Å²) < 4.78 is 8.15. The van der Waals surface area contributed by atoms with Crippen LogP contribution < -0.4 is 10.5 Å². The van der Waals surface area contributed by atoms with Gasteiger partial charge in [-0.3, -0.25) is 4.90 Å². The number of nitrogen functional groups attached to an aromatic ring is 1. The Bertz CT molecular complexity index is 1520. The third-order valence-corrected chi connectivity index (χ3v) is 7.30. The van der Waals surface area contributed by atoms with Crippen molar-refractivity contribution in [3.8, 4) is 28.7 Å². The van der Waals surface area contributed by atoms with E-state index < -0.39 is 6.23 Å². The number of hydrogen-bond donors (Lipinski definition) is 2. The molecule has 0 aliphatic carbocycles. The second-order valence-corrected chi connectivity index (χ2v) is 10.4. The van der Waals surface area contributed by atoms with Crippen molar-refractivity contribution in [1.29, 1.82) is 5.26 Å². The number of benzene rings is 2. The SMILES string of the molecule is Cc1c(-c2ccc(Oc3ccccc3)cc2)c2c(N)ncnc2n1CC1CCCN1C(O)C(C#N)=CC(C)C. The van der Waals surface area contributed by atoms with E-state index in [-0.39, 0.29) is 12.0 Å². The fraction of sp³-hybridized carbons (Fsp3) is 0.323. The average molecular weight is 523 g/mol. The van der Waals surface area contributed by atoms with Crippen molar-refractivity contribution < 1.29 is 9.84 Å². The van der Waals surface area contributed by atoms with Gasteiger partial charge in [-0.25, -0.2) is 9.97 Å². The van der Waals surface area contributed by atoms with E-state index in [1.807, 2.05) is 79.4 Å². The molecule has 3 N–H and O–H groups in total. The largest absolute Gasteiger partial charge is 0.457 e. The van der Waals surface area contributed by atoms with Gasteiger partial charge < -0.3 is 20.1 Å². The number of allylic oxidation sites excluding steroid dienone is 1. The van der Waals surface area contributed by atoms with Crippen molar-refractivity contribution in [3.05, 3.63) is 78.3 Å². The van der Waals surface area contributed by atoms with Gasteiger partial charge in [-0.1, -0.05) is 50.3 Å². The number of aromatic nitrogens is 3. The summed E-state index contributed by atoms with van der Waals surface area (Å²) in [6, 6.07) is 19.9. The van der Waals surface area contributed by atoms with Gasteiger partial charge >= 0.3 is 0 Å². The molecule has 200 valence electrons. The Balaban J connectivity index is 1.48. The van der Waals surface area contributed by atoms with Crippen LogP contribution in [0.25, 0.3) is 22.2 Å². The van der Waals surface area contributed by atoms with Gasteiger partial charge in [-0.2, -0.15) is 5.26 Å². The van der Waals surface area contributed by atoms with Gasteiger partial charge in [0, 0.05) is 30.4 Å². The number of hydrogen-bond acceptors (Lipinski definition) is 7. The fourth-order valence-corrected chi connectivity index (χ4v) is 5.51. The second kappa shape index (κ2) is 11.3. The minimum atomic E-state index is -0.927. The number of para-hydroxylation sites is 1. The molecule has 1 aliphatic heterocycles. The molecule has 4 aromatic rings. The number of aliphatic hydroxyl groups is 1. The van der Waals surface area contributed by atoms with Gasteiger partial charge in [-0.05, 0) is 55.5 Å². The zero-order valence-corrected chi connectivity index (χ0v) is 22.6. The molecule has 0 amide bonds. The molecule has 5 rings (SSSR count). The van der Waals surface area contributed by atoms with Crippen LogP contribution in [0, 0.1) is 24.2 Å². The van der Waals surface area contributed by atoms with Crippen LogP contribution in [0.4, 0.5) is 5.82 Å². The number of ether oxygens (including phenoxy) is 1. The Hall–Kier alpha value is -4.19. The summed E-state index contributed by atoms with van der Waals surface area (Å²) in [5.74, 6) is 2.13. The molecule has 0 radical (unpaired) electrons. The van der Waals surface area contributed by atoms with E-state index in [9.17, 15) is 10.4 Å². The molecule has 3 heterocycles. The lowest BCUT2D eigenvalue weighted by Gasteiger charge is -2.30. The minimum absolute atomic E-state index is 0.0453. The van der Waals surface area contributed by atoms with Crippen molar-refractivity contribution in [1.82, 2.24) is 19.4 Å². The Morgan fingerprint density at radius 1 is 1.15 bits per heavy atom. The summed E-state index contributed by atoms with van der Waals surface area (Å²) in [5.41, 5.74) is 10.6. The molecule has 2 aromatic carbocycles. The van der Waals surface area contributed by atoms with E-state index in [0.717, 1.165) is 58.7 Å². The number of nitrogens with two attached hydrogens (primary N) is 1. The zero-order chi connectivity index (χ0) is 27.5. The molecular weight excluding hydrogens is 488 g/mol. The van der Waals surface area contributed by atoms with Gasteiger partial charge in [0.1, 0.15) is 35.5 Å². The highest BCUT2D eigenvalue weighted by Gasteiger charge is 2.33. The summed E-state index contributed by atoms with van der Waals surface area (Å²) in [5, 5.41) is 21.6. The predicted octanol–water partition coefficient (Wildman–Crippen LogP) is 5.67. The van der Waals surface area contributed by atoms with Crippen LogP contribution in [0.15, 0.2) is 72.6 Å². The van der Waals surface area contributed by atoms with E-state index in [4.69, 9.17) is 10.5 Å². The normalized spacial score (nSPS) is 17.0. The Morgan fingerprint density at radius 3 is 2.56 bits per heavy atom. The molecule has 39 heavy (non-hydrogen) atoms. The van der Waals surface area contributed by atoms with Crippen molar-refractivity contribution in [3.63, 3.8) is 0 Å². The van der Waals surface area contributed by atoms with Crippen LogP contribution in [-0.2, 0) is 6.54 Å². The zero-order valence-electron chi connectivity index (χ0n) is 22.6.